The number of carbonyl (C=O) groups is 2. The molecular formula is C34H45N3O3. The quantitative estimate of drug-likeness (QED) is 0.224. The normalized spacial score (nSPS) is 13.2. The molecule has 2 unspecified atom stereocenters. The summed E-state index contributed by atoms with van der Waals surface area (Å²) in [5, 5.41) is 3.48. The van der Waals surface area contributed by atoms with E-state index < -0.39 is 0 Å². The van der Waals surface area contributed by atoms with E-state index in [0.29, 0.717) is 31.8 Å². The van der Waals surface area contributed by atoms with Crippen molar-refractivity contribution in [1.82, 2.24) is 15.3 Å². The summed E-state index contributed by atoms with van der Waals surface area (Å²) in [5.41, 5.74) is 2.89. The molecule has 0 bridgehead atoms. The Morgan fingerprint density at radius 1 is 0.850 bits per heavy atom. The number of pyridine rings is 2. The Kier molecular flexibility index (Phi) is 12.0. The van der Waals surface area contributed by atoms with Crippen LogP contribution in [0, 0.1) is 17.3 Å². The molecule has 2 aromatic heterocycles. The Bertz CT molecular complexity index is 1170. The largest absolute Gasteiger partial charge is 0.489 e. The van der Waals surface area contributed by atoms with Gasteiger partial charge in [0.15, 0.2) is 5.78 Å². The van der Waals surface area contributed by atoms with Crippen LogP contribution in [0.5, 0.6) is 5.75 Å². The van der Waals surface area contributed by atoms with Gasteiger partial charge in [0, 0.05) is 49.1 Å². The average molecular weight is 544 g/mol. The van der Waals surface area contributed by atoms with Crippen LogP contribution in [0.3, 0.4) is 0 Å². The van der Waals surface area contributed by atoms with Crippen molar-refractivity contribution in [3.05, 3.63) is 90.0 Å². The number of ketones is 2. The van der Waals surface area contributed by atoms with Crippen LogP contribution in [0.25, 0.3) is 0 Å². The number of carbonyl (C=O) groups excluding carboxylic acids is 2. The summed E-state index contributed by atoms with van der Waals surface area (Å²) in [6.07, 6.45) is 9.80. The van der Waals surface area contributed by atoms with Gasteiger partial charge >= 0.3 is 0 Å². The second-order valence-corrected chi connectivity index (χ2v) is 12.3. The molecule has 6 nitrogen and oxygen atoms in total. The van der Waals surface area contributed by atoms with Crippen molar-refractivity contribution in [2.24, 2.45) is 17.3 Å². The lowest BCUT2D eigenvalue weighted by Crippen LogP contribution is -2.41. The minimum Gasteiger partial charge on any atom is -0.489 e. The highest BCUT2D eigenvalue weighted by molar-refractivity contribution is 5.91. The van der Waals surface area contributed by atoms with Crippen LogP contribution in [-0.4, -0.2) is 34.1 Å². The fourth-order valence-electron chi connectivity index (χ4n) is 4.61. The van der Waals surface area contributed by atoms with Gasteiger partial charge < -0.3 is 10.1 Å². The van der Waals surface area contributed by atoms with E-state index in [0.717, 1.165) is 35.4 Å². The van der Waals surface area contributed by atoms with Gasteiger partial charge in [-0.05, 0) is 72.5 Å². The maximum absolute atomic E-state index is 13.7. The third kappa shape index (κ3) is 11.4. The van der Waals surface area contributed by atoms with Gasteiger partial charge in [-0.25, -0.2) is 0 Å². The summed E-state index contributed by atoms with van der Waals surface area (Å²) < 4.78 is 5.90. The molecule has 2 atom stereocenters. The molecule has 0 aliphatic heterocycles. The van der Waals surface area contributed by atoms with Gasteiger partial charge in [-0.15, -0.1) is 0 Å². The molecule has 3 rings (SSSR count). The van der Waals surface area contributed by atoms with Crippen LogP contribution in [0.15, 0.2) is 73.3 Å². The van der Waals surface area contributed by atoms with Crippen molar-refractivity contribution in [1.29, 1.82) is 0 Å². The van der Waals surface area contributed by atoms with Crippen LogP contribution in [0.2, 0.25) is 0 Å². The molecule has 214 valence electrons. The van der Waals surface area contributed by atoms with Crippen LogP contribution in [-0.2, 0) is 29.0 Å². The van der Waals surface area contributed by atoms with E-state index in [1.807, 2.05) is 54.7 Å². The number of ether oxygens (including phenoxy) is 1. The molecule has 1 N–H and O–H groups in total. The molecule has 0 aliphatic carbocycles. The van der Waals surface area contributed by atoms with Gasteiger partial charge in [-0.3, -0.25) is 19.6 Å². The third-order valence-electron chi connectivity index (χ3n) is 6.80. The zero-order valence-electron chi connectivity index (χ0n) is 24.7. The summed E-state index contributed by atoms with van der Waals surface area (Å²) in [4.78, 5) is 35.5. The average Bonchev–Trinajstić information content (AvgIpc) is 2.91. The molecule has 0 aliphatic rings. The molecule has 0 fully saturated rings. The standard InChI is InChI=1S/C34H45N3O3/c1-25(2)14-17-37-31(19-27-8-6-15-35-22-27)32(38)20-29(33(39)21-34(3,4)5)18-26-10-12-30(13-11-26)40-24-28-9-7-16-36-23-28/h6-13,15-16,22-23,25,29,31,37H,14,17-21,24H2,1-5H3. The second kappa shape index (κ2) is 15.4. The topological polar surface area (TPSA) is 81.2 Å². The van der Waals surface area contributed by atoms with Gasteiger partial charge in [0.25, 0.3) is 0 Å². The van der Waals surface area contributed by atoms with E-state index in [-0.39, 0.29) is 35.4 Å². The first-order valence-corrected chi connectivity index (χ1v) is 14.4. The lowest BCUT2D eigenvalue weighted by atomic mass is 9.81. The summed E-state index contributed by atoms with van der Waals surface area (Å²) in [6, 6.07) is 15.2. The van der Waals surface area contributed by atoms with E-state index >= 15 is 0 Å². The Hall–Kier alpha value is -3.38. The first-order chi connectivity index (χ1) is 19.1. The van der Waals surface area contributed by atoms with Crippen molar-refractivity contribution in [3.8, 4) is 5.75 Å². The van der Waals surface area contributed by atoms with Crippen molar-refractivity contribution in [3.63, 3.8) is 0 Å². The first-order valence-electron chi connectivity index (χ1n) is 14.4. The molecular weight excluding hydrogens is 498 g/mol. The van der Waals surface area contributed by atoms with E-state index in [1.165, 1.54) is 0 Å². The summed E-state index contributed by atoms with van der Waals surface area (Å²) in [5.74, 6) is 1.14. The van der Waals surface area contributed by atoms with Crippen LogP contribution in [0.4, 0.5) is 0 Å². The molecule has 0 saturated carbocycles. The van der Waals surface area contributed by atoms with E-state index in [4.69, 9.17) is 4.74 Å². The number of nitrogens with one attached hydrogen (secondary N) is 1. The maximum Gasteiger partial charge on any atom is 0.150 e. The van der Waals surface area contributed by atoms with E-state index in [2.05, 4.69) is 49.9 Å². The SMILES string of the molecule is CC(C)CCNC(Cc1cccnc1)C(=O)CC(Cc1ccc(OCc2cccnc2)cc1)C(=O)CC(C)(C)C. The molecule has 0 saturated heterocycles. The fraction of sp³-hybridized carbons (Fsp3) is 0.471. The molecule has 0 amide bonds. The van der Waals surface area contributed by atoms with Gasteiger partial charge in [-0.1, -0.05) is 58.9 Å². The fourth-order valence-corrected chi connectivity index (χ4v) is 4.61. The second-order valence-electron chi connectivity index (χ2n) is 12.3. The predicted molar refractivity (Wildman–Crippen MR) is 160 cm³/mol. The Morgan fingerprint density at radius 3 is 2.08 bits per heavy atom. The monoisotopic (exact) mass is 543 g/mol. The van der Waals surface area contributed by atoms with Crippen LogP contribution in [0.1, 0.15) is 70.6 Å². The summed E-state index contributed by atoms with van der Waals surface area (Å²) >= 11 is 0. The lowest BCUT2D eigenvalue weighted by molar-refractivity contribution is -0.130. The molecule has 3 aromatic rings. The first kappa shape index (κ1) is 31.2. The minimum atomic E-state index is -0.378. The summed E-state index contributed by atoms with van der Waals surface area (Å²) in [7, 11) is 0. The van der Waals surface area contributed by atoms with Gasteiger partial charge in [0.05, 0.1) is 6.04 Å². The third-order valence-corrected chi connectivity index (χ3v) is 6.80. The van der Waals surface area contributed by atoms with E-state index in [9.17, 15) is 9.59 Å². The van der Waals surface area contributed by atoms with Crippen molar-refractivity contribution in [2.75, 3.05) is 6.54 Å². The molecule has 1 aromatic carbocycles. The minimum absolute atomic E-state index is 0.0799. The van der Waals surface area contributed by atoms with Gasteiger partial charge in [0.1, 0.15) is 18.1 Å². The Labute approximate surface area is 240 Å². The molecule has 6 heteroatoms. The number of aromatic nitrogens is 2. The lowest BCUT2D eigenvalue weighted by Gasteiger charge is -2.24. The highest BCUT2D eigenvalue weighted by Gasteiger charge is 2.29. The van der Waals surface area contributed by atoms with E-state index in [1.54, 1.807) is 18.6 Å². The summed E-state index contributed by atoms with van der Waals surface area (Å²) in [6.45, 7) is 11.8. The number of hydrogen-bond donors (Lipinski definition) is 1. The predicted octanol–water partition coefficient (Wildman–Crippen LogP) is 6.43. The van der Waals surface area contributed by atoms with Crippen molar-refractivity contribution >= 4 is 11.6 Å². The smallest absolute Gasteiger partial charge is 0.150 e. The molecule has 40 heavy (non-hydrogen) atoms. The zero-order chi connectivity index (χ0) is 29.0. The molecule has 0 radical (unpaired) electrons. The number of benzene rings is 1. The Balaban J connectivity index is 1.71. The zero-order valence-corrected chi connectivity index (χ0v) is 24.7. The Morgan fingerprint density at radius 2 is 1.50 bits per heavy atom. The van der Waals surface area contributed by atoms with Crippen LogP contribution >= 0.6 is 0 Å². The maximum atomic E-state index is 13.7. The number of hydrogen-bond acceptors (Lipinski definition) is 6. The number of Topliss-reactive ketones (excluding diaryl/α,β-unsaturated/α-hetero) is 2. The molecule has 0 spiro atoms. The van der Waals surface area contributed by atoms with Gasteiger partial charge in [0.2, 0.25) is 0 Å². The number of rotatable bonds is 16. The van der Waals surface area contributed by atoms with Gasteiger partial charge in [-0.2, -0.15) is 0 Å². The highest BCUT2D eigenvalue weighted by Crippen LogP contribution is 2.26. The van der Waals surface area contributed by atoms with Crippen LogP contribution < -0.4 is 10.1 Å². The van der Waals surface area contributed by atoms with Crippen molar-refractivity contribution in [2.45, 2.75) is 79.4 Å². The van der Waals surface area contributed by atoms with Crippen molar-refractivity contribution < 1.29 is 14.3 Å². The number of nitrogens with zero attached hydrogens (tertiary/aromatic N) is 2. The highest BCUT2D eigenvalue weighted by atomic mass is 16.5. The molecule has 2 heterocycles.